The molecule has 0 aliphatic heterocycles. The standard InChI is InChI=1S/C13H11N3OS/c1-17-8-2-3-10(14)9(6-8)13-16-11-7-15-5-4-12(11)18-13/h2-7H,14H2,1H3. The number of pyridine rings is 1. The molecule has 0 bridgehead atoms. The fraction of sp³-hybridized carbons (Fsp3) is 0.0769. The molecule has 90 valence electrons. The van der Waals surface area contributed by atoms with Gasteiger partial charge in [-0.2, -0.15) is 0 Å². The Kier molecular flexibility index (Phi) is 2.60. The molecule has 5 heteroatoms. The number of benzene rings is 1. The molecule has 3 aromatic rings. The van der Waals surface area contributed by atoms with Gasteiger partial charge >= 0.3 is 0 Å². The van der Waals surface area contributed by atoms with Crippen molar-refractivity contribution >= 4 is 27.2 Å². The van der Waals surface area contributed by atoms with E-state index >= 15 is 0 Å². The van der Waals surface area contributed by atoms with Gasteiger partial charge in [-0.3, -0.25) is 4.98 Å². The highest BCUT2D eigenvalue weighted by molar-refractivity contribution is 7.21. The number of rotatable bonds is 2. The molecular formula is C13H11N3OS. The van der Waals surface area contributed by atoms with Gasteiger partial charge in [-0.25, -0.2) is 4.98 Å². The summed E-state index contributed by atoms with van der Waals surface area (Å²) in [5.74, 6) is 0.775. The minimum atomic E-state index is 0.697. The van der Waals surface area contributed by atoms with Crippen molar-refractivity contribution in [2.75, 3.05) is 12.8 Å². The van der Waals surface area contributed by atoms with E-state index in [-0.39, 0.29) is 0 Å². The van der Waals surface area contributed by atoms with Gasteiger partial charge < -0.3 is 10.5 Å². The molecule has 0 atom stereocenters. The molecule has 0 unspecified atom stereocenters. The third-order valence-corrected chi connectivity index (χ3v) is 3.75. The van der Waals surface area contributed by atoms with Crippen LogP contribution in [0.5, 0.6) is 5.75 Å². The van der Waals surface area contributed by atoms with E-state index in [4.69, 9.17) is 10.5 Å². The van der Waals surface area contributed by atoms with Crippen LogP contribution in [0.25, 0.3) is 20.8 Å². The molecule has 0 amide bonds. The zero-order chi connectivity index (χ0) is 12.5. The van der Waals surface area contributed by atoms with Crippen molar-refractivity contribution in [1.82, 2.24) is 9.97 Å². The normalized spacial score (nSPS) is 10.7. The van der Waals surface area contributed by atoms with Gasteiger partial charge in [0.15, 0.2) is 0 Å². The Balaban J connectivity index is 2.19. The summed E-state index contributed by atoms with van der Waals surface area (Å²) >= 11 is 1.60. The third kappa shape index (κ3) is 1.78. The van der Waals surface area contributed by atoms with E-state index in [9.17, 15) is 0 Å². The predicted molar refractivity (Wildman–Crippen MR) is 73.8 cm³/mol. The highest BCUT2D eigenvalue weighted by Crippen LogP contribution is 2.34. The monoisotopic (exact) mass is 257 g/mol. The largest absolute Gasteiger partial charge is 0.497 e. The molecule has 18 heavy (non-hydrogen) atoms. The van der Waals surface area contributed by atoms with Gasteiger partial charge in [0.2, 0.25) is 0 Å². The average Bonchev–Trinajstić information content (AvgIpc) is 2.82. The smallest absolute Gasteiger partial charge is 0.126 e. The van der Waals surface area contributed by atoms with Gasteiger partial charge in [-0.05, 0) is 24.3 Å². The number of thiazole rings is 1. The molecule has 1 aromatic carbocycles. The topological polar surface area (TPSA) is 61.0 Å². The Bertz CT molecular complexity index is 675. The Morgan fingerprint density at radius 3 is 2.94 bits per heavy atom. The van der Waals surface area contributed by atoms with Crippen molar-refractivity contribution in [2.24, 2.45) is 0 Å². The zero-order valence-electron chi connectivity index (χ0n) is 9.75. The number of ether oxygens (including phenoxy) is 1. The van der Waals surface area contributed by atoms with Gasteiger partial charge in [0.1, 0.15) is 16.3 Å². The lowest BCUT2D eigenvalue weighted by Crippen LogP contribution is -1.91. The van der Waals surface area contributed by atoms with Crippen molar-refractivity contribution in [1.29, 1.82) is 0 Å². The number of methoxy groups -OCH3 is 1. The Morgan fingerprint density at radius 2 is 2.17 bits per heavy atom. The lowest BCUT2D eigenvalue weighted by atomic mass is 10.2. The molecule has 0 aliphatic rings. The summed E-state index contributed by atoms with van der Waals surface area (Å²) in [6, 6.07) is 7.53. The number of nitrogens with two attached hydrogens (primary N) is 1. The molecule has 2 heterocycles. The molecule has 3 rings (SSSR count). The first-order chi connectivity index (χ1) is 8.78. The second kappa shape index (κ2) is 4.27. The van der Waals surface area contributed by atoms with Crippen LogP contribution in [0.3, 0.4) is 0 Å². The summed E-state index contributed by atoms with van der Waals surface area (Å²) in [5.41, 5.74) is 8.48. The maximum Gasteiger partial charge on any atom is 0.126 e. The lowest BCUT2D eigenvalue weighted by molar-refractivity contribution is 0.415. The van der Waals surface area contributed by atoms with Crippen LogP contribution in [-0.2, 0) is 0 Å². The number of fused-ring (bicyclic) bond motifs is 1. The van der Waals surface area contributed by atoms with E-state index in [0.29, 0.717) is 5.69 Å². The molecular weight excluding hydrogens is 246 g/mol. The fourth-order valence-electron chi connectivity index (χ4n) is 1.74. The molecule has 0 spiro atoms. The second-order valence-electron chi connectivity index (χ2n) is 3.82. The van der Waals surface area contributed by atoms with E-state index in [0.717, 1.165) is 26.5 Å². The molecule has 0 aliphatic carbocycles. The number of aromatic nitrogens is 2. The van der Waals surface area contributed by atoms with Crippen LogP contribution in [0.15, 0.2) is 36.7 Å². The number of hydrogen-bond acceptors (Lipinski definition) is 5. The minimum Gasteiger partial charge on any atom is -0.497 e. The van der Waals surface area contributed by atoms with E-state index in [1.54, 1.807) is 30.8 Å². The van der Waals surface area contributed by atoms with Crippen LogP contribution in [0.1, 0.15) is 0 Å². The number of nitrogens with zero attached hydrogens (tertiary/aromatic N) is 2. The van der Waals surface area contributed by atoms with Crippen molar-refractivity contribution in [3.8, 4) is 16.3 Å². The molecule has 0 saturated heterocycles. The molecule has 2 N–H and O–H groups in total. The summed E-state index contributed by atoms with van der Waals surface area (Å²) in [4.78, 5) is 8.60. The van der Waals surface area contributed by atoms with Crippen molar-refractivity contribution < 1.29 is 4.74 Å². The number of nitrogen functional groups attached to an aromatic ring is 1. The van der Waals surface area contributed by atoms with Crippen molar-refractivity contribution in [3.63, 3.8) is 0 Å². The van der Waals surface area contributed by atoms with Gasteiger partial charge in [-0.1, -0.05) is 0 Å². The highest BCUT2D eigenvalue weighted by atomic mass is 32.1. The first-order valence-electron chi connectivity index (χ1n) is 5.42. The van der Waals surface area contributed by atoms with Crippen LogP contribution in [0.4, 0.5) is 5.69 Å². The molecule has 0 radical (unpaired) electrons. The van der Waals surface area contributed by atoms with Gasteiger partial charge in [0.05, 0.1) is 18.0 Å². The first-order valence-corrected chi connectivity index (χ1v) is 6.24. The van der Waals surface area contributed by atoms with Crippen molar-refractivity contribution in [3.05, 3.63) is 36.7 Å². The summed E-state index contributed by atoms with van der Waals surface area (Å²) in [5, 5.41) is 0.884. The SMILES string of the molecule is COc1ccc(N)c(-c2nc3cnccc3s2)c1. The van der Waals surface area contributed by atoms with E-state index in [1.807, 2.05) is 24.3 Å². The van der Waals surface area contributed by atoms with E-state index in [1.165, 1.54) is 0 Å². The fourth-order valence-corrected chi connectivity index (χ4v) is 2.71. The second-order valence-corrected chi connectivity index (χ2v) is 4.85. The molecule has 0 saturated carbocycles. The number of anilines is 1. The Morgan fingerprint density at radius 1 is 1.28 bits per heavy atom. The summed E-state index contributed by atoms with van der Waals surface area (Å²) in [7, 11) is 1.64. The van der Waals surface area contributed by atoms with E-state index < -0.39 is 0 Å². The Labute approximate surface area is 108 Å². The maximum atomic E-state index is 5.99. The minimum absolute atomic E-state index is 0.697. The predicted octanol–water partition coefficient (Wildman–Crippen LogP) is 2.95. The van der Waals surface area contributed by atoms with Crippen LogP contribution >= 0.6 is 11.3 Å². The van der Waals surface area contributed by atoms with Crippen molar-refractivity contribution in [2.45, 2.75) is 0 Å². The van der Waals surface area contributed by atoms with Crippen LogP contribution < -0.4 is 10.5 Å². The molecule has 2 aromatic heterocycles. The van der Waals surface area contributed by atoms with Crippen LogP contribution in [-0.4, -0.2) is 17.1 Å². The van der Waals surface area contributed by atoms with Gasteiger partial charge in [0.25, 0.3) is 0 Å². The van der Waals surface area contributed by atoms with Crippen LogP contribution in [0, 0.1) is 0 Å². The quantitative estimate of drug-likeness (QED) is 0.717. The average molecular weight is 257 g/mol. The summed E-state index contributed by atoms with van der Waals surface area (Å²) in [6.45, 7) is 0. The highest BCUT2D eigenvalue weighted by Gasteiger charge is 2.10. The molecule has 4 nitrogen and oxygen atoms in total. The third-order valence-electron chi connectivity index (χ3n) is 2.68. The maximum absolute atomic E-state index is 5.99. The van der Waals surface area contributed by atoms with Gasteiger partial charge in [-0.15, -0.1) is 11.3 Å². The molecule has 0 fully saturated rings. The lowest BCUT2D eigenvalue weighted by Gasteiger charge is -2.05. The van der Waals surface area contributed by atoms with Crippen LogP contribution in [0.2, 0.25) is 0 Å². The van der Waals surface area contributed by atoms with E-state index in [2.05, 4.69) is 9.97 Å². The zero-order valence-corrected chi connectivity index (χ0v) is 10.6. The summed E-state index contributed by atoms with van der Waals surface area (Å²) in [6.07, 6.45) is 3.52. The summed E-state index contributed by atoms with van der Waals surface area (Å²) < 4.78 is 6.31. The van der Waals surface area contributed by atoms with Gasteiger partial charge in [0, 0.05) is 17.4 Å². The number of hydrogen-bond donors (Lipinski definition) is 1. The first kappa shape index (κ1) is 11.0. The Hall–Kier alpha value is -2.14.